The molecule has 0 aliphatic heterocycles. The smallest absolute Gasteiger partial charge is 0.0587 e. The molecule has 3 heteroatoms. The van der Waals surface area contributed by atoms with Gasteiger partial charge in [-0.15, -0.1) is 0 Å². The van der Waals surface area contributed by atoms with Crippen molar-refractivity contribution in [3.05, 3.63) is 0 Å². The molecule has 0 heterocycles. The van der Waals surface area contributed by atoms with Gasteiger partial charge in [-0.2, -0.15) is 11.8 Å². The highest BCUT2D eigenvalue weighted by Gasteiger charge is 2.23. The standard InChI is InChI=1S/C10H21NOS/c1-12-8-7-11-9-5-3-4-6-10(9)13-2/h9-11H,3-8H2,1-2H3. The van der Waals surface area contributed by atoms with Gasteiger partial charge in [0.25, 0.3) is 0 Å². The lowest BCUT2D eigenvalue weighted by molar-refractivity contribution is 0.192. The van der Waals surface area contributed by atoms with Crippen LogP contribution in [0.25, 0.3) is 0 Å². The highest BCUT2D eigenvalue weighted by atomic mass is 32.2. The van der Waals surface area contributed by atoms with Crippen LogP contribution >= 0.6 is 11.8 Å². The Balaban J connectivity index is 2.19. The second-order valence-electron chi connectivity index (χ2n) is 3.61. The Labute approximate surface area is 85.8 Å². The third-order valence-electron chi connectivity index (χ3n) is 2.72. The molecule has 0 radical (unpaired) electrons. The Morgan fingerprint density at radius 3 is 2.85 bits per heavy atom. The lowest BCUT2D eigenvalue weighted by atomic mass is 9.95. The molecule has 2 unspecified atom stereocenters. The summed E-state index contributed by atoms with van der Waals surface area (Å²) in [7, 11) is 1.76. The summed E-state index contributed by atoms with van der Waals surface area (Å²) in [6.07, 6.45) is 7.75. The van der Waals surface area contributed by atoms with Crippen molar-refractivity contribution in [2.24, 2.45) is 0 Å². The van der Waals surface area contributed by atoms with Crippen molar-refractivity contribution in [3.8, 4) is 0 Å². The molecule has 0 aromatic carbocycles. The summed E-state index contributed by atoms with van der Waals surface area (Å²) in [4.78, 5) is 0. The molecule has 78 valence electrons. The van der Waals surface area contributed by atoms with Crippen molar-refractivity contribution in [1.29, 1.82) is 0 Å². The number of methoxy groups -OCH3 is 1. The van der Waals surface area contributed by atoms with Crippen LogP contribution < -0.4 is 5.32 Å². The average molecular weight is 203 g/mol. The first kappa shape index (κ1) is 11.3. The van der Waals surface area contributed by atoms with E-state index >= 15 is 0 Å². The summed E-state index contributed by atoms with van der Waals surface area (Å²) in [6.45, 7) is 1.83. The number of hydrogen-bond acceptors (Lipinski definition) is 3. The molecule has 1 saturated carbocycles. The molecular weight excluding hydrogens is 182 g/mol. The van der Waals surface area contributed by atoms with Crippen LogP contribution in [0.4, 0.5) is 0 Å². The van der Waals surface area contributed by atoms with E-state index in [0.717, 1.165) is 24.4 Å². The average Bonchev–Trinajstić information content (AvgIpc) is 2.19. The second kappa shape index (κ2) is 6.68. The first-order chi connectivity index (χ1) is 6.38. The monoisotopic (exact) mass is 203 g/mol. The third kappa shape index (κ3) is 3.88. The molecule has 1 fully saturated rings. The molecule has 1 N–H and O–H groups in total. The van der Waals surface area contributed by atoms with Crippen LogP contribution in [0.5, 0.6) is 0 Å². The maximum Gasteiger partial charge on any atom is 0.0587 e. The zero-order valence-corrected chi connectivity index (χ0v) is 9.53. The lowest BCUT2D eigenvalue weighted by Gasteiger charge is -2.31. The highest BCUT2D eigenvalue weighted by molar-refractivity contribution is 7.99. The minimum Gasteiger partial charge on any atom is -0.383 e. The SMILES string of the molecule is COCCNC1CCCCC1SC. The molecule has 0 amide bonds. The van der Waals surface area contributed by atoms with E-state index in [9.17, 15) is 0 Å². The van der Waals surface area contributed by atoms with Gasteiger partial charge in [0.1, 0.15) is 0 Å². The molecule has 1 aliphatic carbocycles. The first-order valence-corrected chi connectivity index (χ1v) is 6.42. The Kier molecular flexibility index (Phi) is 5.83. The summed E-state index contributed by atoms with van der Waals surface area (Å²) < 4.78 is 5.03. The predicted molar refractivity (Wildman–Crippen MR) is 59.4 cm³/mol. The van der Waals surface area contributed by atoms with Crippen LogP contribution in [-0.2, 0) is 4.74 Å². The van der Waals surface area contributed by atoms with Gasteiger partial charge in [0.05, 0.1) is 6.61 Å². The largest absolute Gasteiger partial charge is 0.383 e. The van der Waals surface area contributed by atoms with Gasteiger partial charge in [0, 0.05) is 24.9 Å². The van der Waals surface area contributed by atoms with Crippen LogP contribution in [0, 0.1) is 0 Å². The van der Waals surface area contributed by atoms with Crippen LogP contribution in [0.2, 0.25) is 0 Å². The minimum absolute atomic E-state index is 0.721. The number of rotatable bonds is 5. The van der Waals surface area contributed by atoms with Crippen LogP contribution in [0.15, 0.2) is 0 Å². The van der Waals surface area contributed by atoms with E-state index < -0.39 is 0 Å². The van der Waals surface area contributed by atoms with E-state index in [1.165, 1.54) is 25.7 Å². The maximum atomic E-state index is 5.03. The predicted octanol–water partition coefficient (Wildman–Crippen LogP) is 1.90. The number of nitrogens with one attached hydrogen (secondary N) is 1. The lowest BCUT2D eigenvalue weighted by Crippen LogP contribution is -2.41. The fourth-order valence-electron chi connectivity index (χ4n) is 1.96. The Morgan fingerprint density at radius 2 is 2.15 bits per heavy atom. The quantitative estimate of drug-likeness (QED) is 0.690. The molecular formula is C10H21NOS. The Hall–Kier alpha value is 0.270. The van der Waals surface area contributed by atoms with Gasteiger partial charge in [-0.3, -0.25) is 0 Å². The van der Waals surface area contributed by atoms with Crippen molar-refractivity contribution < 1.29 is 4.74 Å². The van der Waals surface area contributed by atoms with Crippen molar-refractivity contribution >= 4 is 11.8 Å². The molecule has 0 spiro atoms. The van der Waals surface area contributed by atoms with Crippen LogP contribution in [0.3, 0.4) is 0 Å². The third-order valence-corrected chi connectivity index (χ3v) is 3.89. The van der Waals surface area contributed by atoms with E-state index in [-0.39, 0.29) is 0 Å². The Bertz CT molecular complexity index is 132. The number of hydrogen-bond donors (Lipinski definition) is 1. The van der Waals surface area contributed by atoms with Gasteiger partial charge < -0.3 is 10.1 Å². The molecule has 0 aromatic rings. The van der Waals surface area contributed by atoms with Crippen molar-refractivity contribution in [1.82, 2.24) is 5.32 Å². The molecule has 1 rings (SSSR count). The zero-order valence-electron chi connectivity index (χ0n) is 8.71. The van der Waals surface area contributed by atoms with Gasteiger partial charge >= 0.3 is 0 Å². The summed E-state index contributed by atoms with van der Waals surface area (Å²) in [6, 6.07) is 0.721. The minimum atomic E-state index is 0.721. The number of ether oxygens (including phenoxy) is 1. The van der Waals surface area contributed by atoms with Gasteiger partial charge in [-0.1, -0.05) is 12.8 Å². The molecule has 13 heavy (non-hydrogen) atoms. The van der Waals surface area contributed by atoms with E-state index in [1.807, 2.05) is 11.8 Å². The second-order valence-corrected chi connectivity index (χ2v) is 4.69. The summed E-state index contributed by atoms with van der Waals surface area (Å²) in [5.41, 5.74) is 0. The van der Waals surface area contributed by atoms with Gasteiger partial charge in [0.2, 0.25) is 0 Å². The van der Waals surface area contributed by atoms with Gasteiger partial charge in [0.15, 0.2) is 0 Å². The summed E-state index contributed by atoms with van der Waals surface area (Å²) in [5.74, 6) is 0. The normalized spacial score (nSPS) is 29.1. The maximum absolute atomic E-state index is 5.03. The van der Waals surface area contributed by atoms with E-state index in [2.05, 4.69) is 11.6 Å². The highest BCUT2D eigenvalue weighted by Crippen LogP contribution is 2.26. The van der Waals surface area contributed by atoms with Crippen molar-refractivity contribution in [2.75, 3.05) is 26.5 Å². The molecule has 0 saturated heterocycles. The fourth-order valence-corrected chi connectivity index (χ4v) is 2.92. The van der Waals surface area contributed by atoms with Crippen molar-refractivity contribution in [2.45, 2.75) is 37.0 Å². The molecule has 0 aromatic heterocycles. The van der Waals surface area contributed by atoms with Crippen LogP contribution in [-0.4, -0.2) is 37.8 Å². The number of thioether (sulfide) groups is 1. The molecule has 1 aliphatic rings. The van der Waals surface area contributed by atoms with Gasteiger partial charge in [-0.05, 0) is 19.1 Å². The molecule has 2 nitrogen and oxygen atoms in total. The zero-order chi connectivity index (χ0) is 9.52. The molecule has 0 bridgehead atoms. The summed E-state index contributed by atoms with van der Waals surface area (Å²) in [5, 5.41) is 4.40. The summed E-state index contributed by atoms with van der Waals surface area (Å²) >= 11 is 2.01. The van der Waals surface area contributed by atoms with Gasteiger partial charge in [-0.25, -0.2) is 0 Å². The van der Waals surface area contributed by atoms with E-state index in [0.29, 0.717) is 0 Å². The van der Waals surface area contributed by atoms with E-state index in [4.69, 9.17) is 4.74 Å². The Morgan fingerprint density at radius 1 is 1.38 bits per heavy atom. The first-order valence-electron chi connectivity index (χ1n) is 5.13. The molecule has 2 atom stereocenters. The van der Waals surface area contributed by atoms with Crippen LogP contribution in [0.1, 0.15) is 25.7 Å². The fraction of sp³-hybridized carbons (Fsp3) is 1.00. The van der Waals surface area contributed by atoms with Crippen molar-refractivity contribution in [3.63, 3.8) is 0 Å². The van der Waals surface area contributed by atoms with E-state index in [1.54, 1.807) is 7.11 Å². The topological polar surface area (TPSA) is 21.3 Å².